The molecule has 0 spiro atoms. The molecule has 2 aromatic carbocycles. The van der Waals surface area contributed by atoms with Crippen LogP contribution in [0.1, 0.15) is 11.1 Å². The van der Waals surface area contributed by atoms with E-state index in [0.717, 1.165) is 12.1 Å². The second-order valence-corrected chi connectivity index (χ2v) is 6.00. The van der Waals surface area contributed by atoms with E-state index in [0.29, 0.717) is 15.6 Å². The van der Waals surface area contributed by atoms with Gasteiger partial charge in [-0.05, 0) is 35.9 Å². The number of carbonyl (C=O) groups excluding carboxylic acids is 1. The van der Waals surface area contributed by atoms with Crippen molar-refractivity contribution in [3.63, 3.8) is 0 Å². The standard InChI is InChI=1S/C16H6Cl3F2NO2/c17-8-2-1-7(10(18)4-8)3-14-16(23)24-15(22-14)9-5-12(20)13(21)6-11(9)19/h1-6H/b14-3+. The summed E-state index contributed by atoms with van der Waals surface area (Å²) in [5.74, 6) is -3.24. The third kappa shape index (κ3) is 3.29. The Morgan fingerprint density at radius 2 is 1.71 bits per heavy atom. The van der Waals surface area contributed by atoms with Gasteiger partial charge in [0, 0.05) is 10.0 Å². The second kappa shape index (κ2) is 6.51. The highest BCUT2D eigenvalue weighted by molar-refractivity contribution is 6.36. The molecule has 0 saturated heterocycles. The zero-order chi connectivity index (χ0) is 17.4. The molecule has 0 fully saturated rings. The summed E-state index contributed by atoms with van der Waals surface area (Å²) in [6, 6.07) is 6.29. The zero-order valence-electron chi connectivity index (χ0n) is 11.6. The molecule has 0 atom stereocenters. The molecule has 0 radical (unpaired) electrons. The van der Waals surface area contributed by atoms with Gasteiger partial charge in [0.1, 0.15) is 0 Å². The Labute approximate surface area is 150 Å². The zero-order valence-corrected chi connectivity index (χ0v) is 13.9. The van der Waals surface area contributed by atoms with E-state index in [1.807, 2.05) is 0 Å². The lowest BCUT2D eigenvalue weighted by Gasteiger charge is -2.03. The summed E-state index contributed by atoms with van der Waals surface area (Å²) in [6.07, 6.45) is 1.39. The highest BCUT2D eigenvalue weighted by Crippen LogP contribution is 2.28. The molecule has 0 unspecified atom stereocenters. The molecule has 1 aliphatic rings. The maximum Gasteiger partial charge on any atom is 0.363 e. The van der Waals surface area contributed by atoms with Gasteiger partial charge in [-0.1, -0.05) is 40.9 Å². The monoisotopic (exact) mass is 387 g/mol. The summed E-state index contributed by atoms with van der Waals surface area (Å²) in [7, 11) is 0. The molecule has 0 amide bonds. The van der Waals surface area contributed by atoms with Crippen molar-refractivity contribution in [2.24, 2.45) is 4.99 Å². The van der Waals surface area contributed by atoms with E-state index in [9.17, 15) is 13.6 Å². The SMILES string of the molecule is O=C1OC(c2cc(F)c(F)cc2Cl)=N/C1=C/c1ccc(Cl)cc1Cl. The number of rotatable bonds is 2. The van der Waals surface area contributed by atoms with Crippen LogP contribution in [0.4, 0.5) is 8.78 Å². The van der Waals surface area contributed by atoms with Crippen molar-refractivity contribution in [3.05, 3.63) is 73.9 Å². The topological polar surface area (TPSA) is 38.7 Å². The summed E-state index contributed by atoms with van der Waals surface area (Å²) in [5, 5.41) is 0.623. The Hall–Kier alpha value is -1.95. The van der Waals surface area contributed by atoms with Gasteiger partial charge in [-0.25, -0.2) is 18.6 Å². The maximum atomic E-state index is 13.4. The first-order valence-corrected chi connectivity index (χ1v) is 7.61. The van der Waals surface area contributed by atoms with E-state index in [4.69, 9.17) is 39.5 Å². The average Bonchev–Trinajstić information content (AvgIpc) is 2.86. The summed E-state index contributed by atoms with van der Waals surface area (Å²) in [5.41, 5.74) is 0.402. The van der Waals surface area contributed by atoms with Crippen LogP contribution in [0.5, 0.6) is 0 Å². The number of ether oxygens (including phenoxy) is 1. The van der Waals surface area contributed by atoms with E-state index < -0.39 is 17.6 Å². The molecule has 0 aromatic heterocycles. The lowest BCUT2D eigenvalue weighted by atomic mass is 10.2. The van der Waals surface area contributed by atoms with Gasteiger partial charge in [-0.2, -0.15) is 0 Å². The van der Waals surface area contributed by atoms with Crippen molar-refractivity contribution >= 4 is 52.7 Å². The Kier molecular flexibility index (Phi) is 4.58. The average molecular weight is 389 g/mol. The molecule has 0 bridgehead atoms. The third-order valence-corrected chi connectivity index (χ3v) is 3.99. The van der Waals surface area contributed by atoms with Gasteiger partial charge in [0.05, 0.1) is 10.6 Å². The van der Waals surface area contributed by atoms with Crippen LogP contribution in [0.25, 0.3) is 6.08 Å². The summed E-state index contributed by atoms with van der Waals surface area (Å²) in [4.78, 5) is 15.9. The van der Waals surface area contributed by atoms with Gasteiger partial charge in [0.25, 0.3) is 0 Å². The molecule has 3 nitrogen and oxygen atoms in total. The van der Waals surface area contributed by atoms with Crippen LogP contribution < -0.4 is 0 Å². The summed E-state index contributed by atoms with van der Waals surface area (Å²) < 4.78 is 31.5. The number of nitrogens with zero attached hydrogens (tertiary/aromatic N) is 1. The van der Waals surface area contributed by atoms with E-state index >= 15 is 0 Å². The lowest BCUT2D eigenvalue weighted by molar-refractivity contribution is -0.129. The lowest BCUT2D eigenvalue weighted by Crippen LogP contribution is -2.07. The van der Waals surface area contributed by atoms with Gasteiger partial charge < -0.3 is 4.74 Å². The van der Waals surface area contributed by atoms with Crippen LogP contribution in [-0.4, -0.2) is 11.9 Å². The Balaban J connectivity index is 2.02. The number of aliphatic imine (C=N–C) groups is 1. The van der Waals surface area contributed by atoms with E-state index in [-0.39, 0.29) is 22.2 Å². The number of benzene rings is 2. The molecule has 8 heteroatoms. The normalized spacial score (nSPS) is 15.6. The number of carbonyl (C=O) groups is 1. The van der Waals surface area contributed by atoms with Crippen molar-refractivity contribution in [1.29, 1.82) is 0 Å². The molecule has 122 valence electrons. The molecule has 0 aliphatic carbocycles. The second-order valence-electron chi connectivity index (χ2n) is 4.75. The van der Waals surface area contributed by atoms with Crippen LogP contribution in [-0.2, 0) is 9.53 Å². The highest BCUT2D eigenvalue weighted by atomic mass is 35.5. The highest BCUT2D eigenvalue weighted by Gasteiger charge is 2.27. The molecular formula is C16H6Cl3F2NO2. The summed E-state index contributed by atoms with van der Waals surface area (Å²) in [6.45, 7) is 0. The van der Waals surface area contributed by atoms with Gasteiger partial charge in [0.15, 0.2) is 17.3 Å². The molecular weight excluding hydrogens is 383 g/mol. The number of cyclic esters (lactones) is 1. The smallest absolute Gasteiger partial charge is 0.363 e. The maximum absolute atomic E-state index is 13.4. The first kappa shape index (κ1) is 16.9. The first-order valence-electron chi connectivity index (χ1n) is 6.47. The quantitative estimate of drug-likeness (QED) is 0.399. The van der Waals surface area contributed by atoms with E-state index in [1.165, 1.54) is 12.1 Å². The van der Waals surface area contributed by atoms with Crippen molar-refractivity contribution in [3.8, 4) is 0 Å². The minimum atomic E-state index is -1.13. The van der Waals surface area contributed by atoms with Gasteiger partial charge >= 0.3 is 5.97 Å². The molecule has 2 aromatic rings. The number of halogens is 5. The van der Waals surface area contributed by atoms with Crippen molar-refractivity contribution in [1.82, 2.24) is 0 Å². The molecule has 0 N–H and O–H groups in total. The Morgan fingerprint density at radius 3 is 2.42 bits per heavy atom. The van der Waals surface area contributed by atoms with Crippen molar-refractivity contribution in [2.75, 3.05) is 0 Å². The van der Waals surface area contributed by atoms with E-state index in [2.05, 4.69) is 4.99 Å². The fourth-order valence-electron chi connectivity index (χ4n) is 1.98. The van der Waals surface area contributed by atoms with Gasteiger partial charge in [-0.15, -0.1) is 0 Å². The fourth-order valence-corrected chi connectivity index (χ4v) is 2.67. The third-order valence-electron chi connectivity index (χ3n) is 3.12. The van der Waals surface area contributed by atoms with Crippen molar-refractivity contribution in [2.45, 2.75) is 0 Å². The number of hydrogen-bond acceptors (Lipinski definition) is 3. The fraction of sp³-hybridized carbons (Fsp3) is 0. The summed E-state index contributed by atoms with van der Waals surface area (Å²) >= 11 is 17.7. The van der Waals surface area contributed by atoms with Crippen LogP contribution >= 0.6 is 34.8 Å². The Bertz CT molecular complexity index is 926. The minimum Gasteiger partial charge on any atom is -0.402 e. The van der Waals surface area contributed by atoms with Gasteiger partial charge in [0.2, 0.25) is 5.90 Å². The van der Waals surface area contributed by atoms with E-state index in [1.54, 1.807) is 12.1 Å². The van der Waals surface area contributed by atoms with Crippen LogP contribution in [0.3, 0.4) is 0 Å². The number of esters is 1. The minimum absolute atomic E-state index is 0.0329. The van der Waals surface area contributed by atoms with Crippen LogP contribution in [0, 0.1) is 11.6 Å². The van der Waals surface area contributed by atoms with Crippen molar-refractivity contribution < 1.29 is 18.3 Å². The largest absolute Gasteiger partial charge is 0.402 e. The molecule has 0 saturated carbocycles. The molecule has 1 aliphatic heterocycles. The molecule has 3 rings (SSSR count). The van der Waals surface area contributed by atoms with Crippen LogP contribution in [0.2, 0.25) is 15.1 Å². The Morgan fingerprint density at radius 1 is 1.00 bits per heavy atom. The first-order chi connectivity index (χ1) is 11.3. The molecule has 24 heavy (non-hydrogen) atoms. The predicted octanol–water partition coefficient (Wildman–Crippen LogP) is 5.27. The molecule has 1 heterocycles. The predicted molar refractivity (Wildman–Crippen MR) is 88.4 cm³/mol. The number of hydrogen-bond donors (Lipinski definition) is 0. The van der Waals surface area contributed by atoms with Gasteiger partial charge in [-0.3, -0.25) is 0 Å². The van der Waals surface area contributed by atoms with Crippen LogP contribution in [0.15, 0.2) is 41.0 Å².